The van der Waals surface area contributed by atoms with Gasteiger partial charge >= 0.3 is 18.4 Å². The van der Waals surface area contributed by atoms with E-state index in [0.717, 1.165) is 0 Å². The molecule has 3 aromatic rings. The Kier molecular flexibility index (Phi) is 7.63. The van der Waals surface area contributed by atoms with Crippen LogP contribution in [0.25, 0.3) is 0 Å². The van der Waals surface area contributed by atoms with Gasteiger partial charge in [0.15, 0.2) is 12.4 Å². The van der Waals surface area contributed by atoms with Gasteiger partial charge in [0.25, 0.3) is 0 Å². The highest BCUT2D eigenvalue weighted by molar-refractivity contribution is 5.99. The van der Waals surface area contributed by atoms with E-state index < -0.39 is 18.1 Å². The average molecular weight is 488 g/mol. The van der Waals surface area contributed by atoms with Crippen molar-refractivity contribution in [3.63, 3.8) is 0 Å². The zero-order valence-corrected chi connectivity index (χ0v) is 19.4. The molecule has 0 saturated carbocycles. The van der Waals surface area contributed by atoms with Crippen molar-refractivity contribution in [3.8, 4) is 5.75 Å². The van der Waals surface area contributed by atoms with Crippen molar-refractivity contribution in [3.05, 3.63) is 90.3 Å². The highest BCUT2D eigenvalue weighted by atomic mass is 19.4. The van der Waals surface area contributed by atoms with Crippen LogP contribution in [0.1, 0.15) is 36.7 Å². The first-order valence-electron chi connectivity index (χ1n) is 10.6. The van der Waals surface area contributed by atoms with Crippen LogP contribution in [0.2, 0.25) is 0 Å². The number of ether oxygens (including phenoxy) is 2. The third-order valence-electron chi connectivity index (χ3n) is 4.50. The van der Waals surface area contributed by atoms with Crippen molar-refractivity contribution in [1.82, 2.24) is 0 Å². The van der Waals surface area contributed by atoms with Gasteiger partial charge in [-0.15, -0.1) is 18.6 Å². The number of pyridine rings is 1. The van der Waals surface area contributed by atoms with Crippen molar-refractivity contribution in [2.45, 2.75) is 39.3 Å². The van der Waals surface area contributed by atoms with Crippen LogP contribution < -0.4 is 19.7 Å². The summed E-state index contributed by atoms with van der Waals surface area (Å²) >= 11 is 0. The minimum Gasteiger partial charge on any atom is -0.443 e. The van der Waals surface area contributed by atoms with E-state index in [9.17, 15) is 22.8 Å². The number of aromatic nitrogens is 1. The van der Waals surface area contributed by atoms with Crippen LogP contribution in [0.5, 0.6) is 5.75 Å². The van der Waals surface area contributed by atoms with Gasteiger partial charge in [-0.05, 0) is 62.7 Å². The molecular weight excluding hydrogens is 463 g/mol. The highest BCUT2D eigenvalue weighted by Gasteiger charge is 2.31. The number of nitrogens with zero attached hydrogens (tertiary/aromatic N) is 2. The summed E-state index contributed by atoms with van der Waals surface area (Å²) in [6.45, 7) is 5.19. The topological polar surface area (TPSA) is 71.7 Å². The summed E-state index contributed by atoms with van der Waals surface area (Å²) in [4.78, 5) is 26.8. The van der Waals surface area contributed by atoms with Gasteiger partial charge in [0.2, 0.25) is 0 Å². The van der Waals surface area contributed by atoms with Crippen LogP contribution in [0.3, 0.4) is 0 Å². The van der Waals surface area contributed by atoms with Gasteiger partial charge in [-0.3, -0.25) is 9.69 Å². The molecule has 1 aromatic heterocycles. The number of carbonyl (C=O) groups is 2. The van der Waals surface area contributed by atoms with E-state index in [2.05, 4.69) is 10.2 Å². The Morgan fingerprint density at radius 2 is 1.51 bits per heavy atom. The molecule has 0 spiro atoms. The van der Waals surface area contributed by atoms with Crippen molar-refractivity contribution >= 4 is 17.7 Å². The standard InChI is InChI=1S/C25H24F3N3O4/c1-24(2,3)35-23(33)31(17-18-7-13-21(14-8-18)34-25(26,27)28)20-11-9-19(10-12-20)22(32)29-30-15-5-4-6-16-30/h4-16H,17H2,1-3H3/p+1. The molecule has 0 fully saturated rings. The minimum absolute atomic E-state index is 0.0205. The van der Waals surface area contributed by atoms with Crippen LogP contribution in [0, 0.1) is 0 Å². The lowest BCUT2D eigenvalue weighted by Gasteiger charge is -2.27. The molecule has 0 aliphatic heterocycles. The Balaban J connectivity index is 1.80. The third kappa shape index (κ3) is 8.02. The maximum Gasteiger partial charge on any atom is 0.573 e. The van der Waals surface area contributed by atoms with Crippen molar-refractivity contribution in [1.29, 1.82) is 0 Å². The van der Waals surface area contributed by atoms with Crippen molar-refractivity contribution in [2.24, 2.45) is 0 Å². The maximum atomic E-state index is 12.9. The van der Waals surface area contributed by atoms with Crippen molar-refractivity contribution in [2.75, 3.05) is 10.3 Å². The molecule has 0 radical (unpaired) electrons. The second-order valence-corrected chi connectivity index (χ2v) is 8.53. The highest BCUT2D eigenvalue weighted by Crippen LogP contribution is 2.25. The normalized spacial score (nSPS) is 11.5. The first kappa shape index (κ1) is 25.5. The number of benzene rings is 2. The van der Waals surface area contributed by atoms with Crippen LogP contribution in [0.4, 0.5) is 23.7 Å². The van der Waals surface area contributed by atoms with Gasteiger partial charge in [0, 0.05) is 23.4 Å². The number of hydrogen-bond donors (Lipinski definition) is 1. The summed E-state index contributed by atoms with van der Waals surface area (Å²) in [6, 6.07) is 16.9. The average Bonchev–Trinajstić information content (AvgIpc) is 2.77. The van der Waals surface area contributed by atoms with E-state index in [4.69, 9.17) is 4.74 Å². The first-order valence-corrected chi connectivity index (χ1v) is 10.6. The fraction of sp³-hybridized carbons (Fsp3) is 0.240. The Hall–Kier alpha value is -4.08. The number of alkyl halides is 3. The van der Waals surface area contributed by atoms with Gasteiger partial charge in [0.1, 0.15) is 11.4 Å². The largest absolute Gasteiger partial charge is 0.573 e. The molecule has 7 nitrogen and oxygen atoms in total. The zero-order chi connectivity index (χ0) is 25.6. The smallest absolute Gasteiger partial charge is 0.443 e. The van der Waals surface area contributed by atoms with Gasteiger partial charge in [-0.25, -0.2) is 4.79 Å². The Morgan fingerprint density at radius 3 is 2.06 bits per heavy atom. The lowest BCUT2D eigenvalue weighted by Crippen LogP contribution is -2.47. The maximum absolute atomic E-state index is 12.9. The number of hydrogen-bond acceptors (Lipinski definition) is 4. The Labute approximate surface area is 200 Å². The fourth-order valence-electron chi connectivity index (χ4n) is 3.01. The third-order valence-corrected chi connectivity index (χ3v) is 4.50. The molecule has 0 atom stereocenters. The van der Waals surface area contributed by atoms with Crippen LogP contribution in [-0.2, 0) is 11.3 Å². The van der Waals surface area contributed by atoms with E-state index in [1.807, 2.05) is 6.07 Å². The predicted molar refractivity (Wildman–Crippen MR) is 122 cm³/mol. The molecule has 0 aliphatic rings. The Morgan fingerprint density at radius 1 is 0.914 bits per heavy atom. The lowest BCUT2D eigenvalue weighted by atomic mass is 10.1. The van der Waals surface area contributed by atoms with E-state index in [1.54, 1.807) is 69.6 Å². The van der Waals surface area contributed by atoms with Crippen LogP contribution in [0.15, 0.2) is 79.1 Å². The lowest BCUT2D eigenvalue weighted by molar-refractivity contribution is -0.641. The fourth-order valence-corrected chi connectivity index (χ4v) is 3.01. The molecule has 2 aromatic carbocycles. The summed E-state index contributed by atoms with van der Waals surface area (Å²) in [5.74, 6) is -0.714. The molecule has 35 heavy (non-hydrogen) atoms. The summed E-state index contributed by atoms with van der Waals surface area (Å²) in [5.41, 5.74) is 3.29. The first-order chi connectivity index (χ1) is 16.4. The molecule has 1 heterocycles. The van der Waals surface area contributed by atoms with E-state index in [1.165, 1.54) is 33.8 Å². The molecule has 0 unspecified atom stereocenters. The molecular formula is C25H25F3N3O4+. The van der Waals surface area contributed by atoms with Gasteiger partial charge in [0.05, 0.1) is 6.54 Å². The molecule has 0 aliphatic carbocycles. The van der Waals surface area contributed by atoms with Gasteiger partial charge in [-0.1, -0.05) is 22.9 Å². The van der Waals surface area contributed by atoms with E-state index in [0.29, 0.717) is 16.8 Å². The number of carbonyl (C=O) groups excluding carboxylic acids is 2. The van der Waals surface area contributed by atoms with Crippen LogP contribution in [-0.4, -0.2) is 24.0 Å². The number of amides is 2. The molecule has 184 valence electrons. The van der Waals surface area contributed by atoms with Crippen molar-refractivity contribution < 1.29 is 36.9 Å². The van der Waals surface area contributed by atoms with Gasteiger partial charge in [-0.2, -0.15) is 0 Å². The predicted octanol–water partition coefficient (Wildman–Crippen LogP) is 5.20. The Bertz CT molecular complexity index is 1140. The second kappa shape index (κ2) is 10.5. The number of anilines is 1. The summed E-state index contributed by atoms with van der Waals surface area (Å²) < 4.78 is 48.2. The second-order valence-electron chi connectivity index (χ2n) is 8.53. The molecule has 10 heteroatoms. The monoisotopic (exact) mass is 488 g/mol. The number of nitrogens with one attached hydrogen (secondary N) is 1. The molecule has 0 saturated heterocycles. The number of halogens is 3. The van der Waals surface area contributed by atoms with E-state index in [-0.39, 0.29) is 18.2 Å². The zero-order valence-electron chi connectivity index (χ0n) is 19.4. The molecule has 1 N–H and O–H groups in total. The molecule has 3 rings (SSSR count). The summed E-state index contributed by atoms with van der Waals surface area (Å²) in [7, 11) is 0. The van der Waals surface area contributed by atoms with Crippen LogP contribution >= 0.6 is 0 Å². The molecule has 0 bridgehead atoms. The summed E-state index contributed by atoms with van der Waals surface area (Å²) in [6.07, 6.45) is -2.08. The summed E-state index contributed by atoms with van der Waals surface area (Å²) in [5, 5.41) is 0. The quantitative estimate of drug-likeness (QED) is 0.485. The van der Waals surface area contributed by atoms with Gasteiger partial charge < -0.3 is 9.47 Å². The SMILES string of the molecule is CC(C)(C)OC(=O)N(Cc1ccc(OC(F)(F)F)cc1)c1ccc(C(=O)N[n+]2ccccc2)cc1. The minimum atomic E-state index is -4.79. The molecule has 2 amide bonds. The van der Waals surface area contributed by atoms with E-state index >= 15 is 0 Å². The number of rotatable bonds is 6.